The van der Waals surface area contributed by atoms with Gasteiger partial charge in [0.15, 0.2) is 0 Å². The third kappa shape index (κ3) is 5.58. The zero-order chi connectivity index (χ0) is 22.3. The van der Waals surface area contributed by atoms with Crippen molar-refractivity contribution in [2.75, 3.05) is 26.0 Å². The fraction of sp³-hybridized carbons (Fsp3) is 0.250. The van der Waals surface area contributed by atoms with E-state index in [0.717, 1.165) is 16.6 Å². The molecule has 166 valence electrons. The average molecular weight is 476 g/mol. The van der Waals surface area contributed by atoms with Crippen molar-refractivity contribution >= 4 is 29.0 Å². The fourth-order valence-electron chi connectivity index (χ4n) is 2.67. The predicted molar refractivity (Wildman–Crippen MR) is 115 cm³/mol. The maximum atomic E-state index is 13.1. The van der Waals surface area contributed by atoms with Crippen molar-refractivity contribution in [1.82, 2.24) is 25.3 Å². The van der Waals surface area contributed by atoms with Crippen LogP contribution in [0.25, 0.3) is 22.2 Å². The molecule has 0 aliphatic carbocycles. The number of carbonyl (C=O) groups excluding carboxylic acids is 1. The van der Waals surface area contributed by atoms with Crippen molar-refractivity contribution in [3.05, 3.63) is 53.5 Å². The maximum Gasteiger partial charge on any atom is 0.277 e. The third-order valence-corrected chi connectivity index (χ3v) is 5.92. The number of hydrogen-bond acceptors (Lipinski definition) is 10. The second-order valence-corrected chi connectivity index (χ2v) is 8.33. The Morgan fingerprint density at radius 2 is 1.94 bits per heavy atom. The van der Waals surface area contributed by atoms with Gasteiger partial charge in [0.1, 0.15) is 5.82 Å². The van der Waals surface area contributed by atoms with E-state index in [2.05, 4.69) is 20.4 Å². The van der Waals surface area contributed by atoms with Crippen molar-refractivity contribution in [1.29, 1.82) is 0 Å². The summed E-state index contributed by atoms with van der Waals surface area (Å²) in [5.74, 6) is 0.545. The molecule has 32 heavy (non-hydrogen) atoms. The number of nitrogens with zero attached hydrogens (tertiary/aromatic N) is 5. The Labute approximate surface area is 190 Å². The summed E-state index contributed by atoms with van der Waals surface area (Å²) in [4.78, 5) is 15.2. The summed E-state index contributed by atoms with van der Waals surface area (Å²) < 4.78 is 29.4. The normalized spacial score (nSPS) is 11.1. The van der Waals surface area contributed by atoms with Crippen molar-refractivity contribution in [3.8, 4) is 22.2 Å². The van der Waals surface area contributed by atoms with E-state index in [-0.39, 0.29) is 35.1 Å². The number of halogens is 1. The zero-order valence-electron chi connectivity index (χ0n) is 16.9. The van der Waals surface area contributed by atoms with E-state index >= 15 is 0 Å². The minimum Gasteiger partial charge on any atom is -0.418 e. The maximum absolute atomic E-state index is 13.1. The lowest BCUT2D eigenvalue weighted by molar-refractivity contribution is -0.129. The summed E-state index contributed by atoms with van der Waals surface area (Å²) in [6.07, 6.45) is 0. The smallest absolute Gasteiger partial charge is 0.277 e. The highest BCUT2D eigenvalue weighted by atomic mass is 32.2. The molecule has 12 heteroatoms. The molecule has 9 nitrogen and oxygen atoms in total. The molecule has 3 aromatic heterocycles. The van der Waals surface area contributed by atoms with Crippen LogP contribution in [0.5, 0.6) is 0 Å². The van der Waals surface area contributed by atoms with Gasteiger partial charge in [-0.2, -0.15) is 0 Å². The molecule has 4 rings (SSSR count). The lowest BCUT2D eigenvalue weighted by Crippen LogP contribution is -2.34. The molecule has 0 fully saturated rings. The molecule has 0 saturated heterocycles. The first-order chi connectivity index (χ1) is 15.6. The van der Waals surface area contributed by atoms with Crippen LogP contribution in [0.1, 0.15) is 5.89 Å². The number of ether oxygens (including phenoxy) is 1. The van der Waals surface area contributed by atoms with Gasteiger partial charge in [0, 0.05) is 19.2 Å². The highest BCUT2D eigenvalue weighted by Crippen LogP contribution is 2.25. The van der Waals surface area contributed by atoms with Crippen LogP contribution in [0.3, 0.4) is 0 Å². The third-order valence-electron chi connectivity index (χ3n) is 4.26. The molecule has 1 aromatic carbocycles. The van der Waals surface area contributed by atoms with E-state index in [1.165, 1.54) is 23.5 Å². The molecule has 0 bridgehead atoms. The van der Waals surface area contributed by atoms with Gasteiger partial charge in [0.2, 0.25) is 17.7 Å². The van der Waals surface area contributed by atoms with Crippen LogP contribution in [-0.4, -0.2) is 57.2 Å². The van der Waals surface area contributed by atoms with Gasteiger partial charge in [-0.3, -0.25) is 4.79 Å². The van der Waals surface area contributed by atoms with E-state index in [1.54, 1.807) is 24.1 Å². The Morgan fingerprint density at radius 3 is 2.69 bits per heavy atom. The Morgan fingerprint density at radius 1 is 1.12 bits per heavy atom. The first kappa shape index (κ1) is 22.1. The van der Waals surface area contributed by atoms with E-state index in [0.29, 0.717) is 30.5 Å². The number of benzene rings is 1. The summed E-state index contributed by atoms with van der Waals surface area (Å²) in [7, 11) is 1.56. The van der Waals surface area contributed by atoms with Crippen LogP contribution in [0.15, 0.2) is 55.8 Å². The van der Waals surface area contributed by atoms with Gasteiger partial charge in [0.25, 0.3) is 11.1 Å². The standard InChI is InChI=1S/C20H18FN5O4S2/c1-28-9-8-26(11-16-22-24-19(29-16)15-3-2-10-31-15)17(27)12-32-20-25-23-18(30-20)13-4-6-14(21)7-5-13/h2-7,10H,8-9,11-12H2,1H3. The Bertz CT molecular complexity index is 1150. The highest BCUT2D eigenvalue weighted by molar-refractivity contribution is 7.99. The van der Waals surface area contributed by atoms with Gasteiger partial charge < -0.3 is 18.5 Å². The molecule has 3 heterocycles. The molecule has 0 saturated carbocycles. The molecule has 0 spiro atoms. The zero-order valence-corrected chi connectivity index (χ0v) is 18.6. The fourth-order valence-corrected chi connectivity index (χ4v) is 3.98. The minimum atomic E-state index is -0.353. The summed E-state index contributed by atoms with van der Waals surface area (Å²) in [5.41, 5.74) is 0.594. The van der Waals surface area contributed by atoms with E-state index in [1.807, 2.05) is 17.5 Å². The van der Waals surface area contributed by atoms with Crippen LogP contribution < -0.4 is 0 Å². The van der Waals surface area contributed by atoms with Crippen LogP contribution >= 0.6 is 23.1 Å². The lowest BCUT2D eigenvalue weighted by Gasteiger charge is -2.20. The number of hydrogen-bond donors (Lipinski definition) is 0. The molecular formula is C20H18FN5O4S2. The summed E-state index contributed by atoms with van der Waals surface area (Å²) >= 11 is 2.60. The summed E-state index contributed by atoms with van der Waals surface area (Å²) in [6, 6.07) is 9.50. The first-order valence-electron chi connectivity index (χ1n) is 9.47. The van der Waals surface area contributed by atoms with Crippen LogP contribution in [0, 0.1) is 5.82 Å². The summed E-state index contributed by atoms with van der Waals surface area (Å²) in [5, 5.41) is 18.1. The predicted octanol–water partition coefficient (Wildman–Crippen LogP) is 3.75. The molecular weight excluding hydrogens is 457 g/mol. The topological polar surface area (TPSA) is 107 Å². The molecule has 0 N–H and O–H groups in total. The van der Waals surface area contributed by atoms with Gasteiger partial charge in [-0.15, -0.1) is 31.7 Å². The quantitative estimate of drug-likeness (QED) is 0.317. The van der Waals surface area contributed by atoms with Gasteiger partial charge in [-0.05, 0) is 35.7 Å². The Hall–Kier alpha value is -3.09. The van der Waals surface area contributed by atoms with E-state index in [4.69, 9.17) is 13.6 Å². The lowest BCUT2D eigenvalue weighted by atomic mass is 10.2. The van der Waals surface area contributed by atoms with Gasteiger partial charge >= 0.3 is 0 Å². The number of rotatable bonds is 10. The number of thioether (sulfide) groups is 1. The van der Waals surface area contributed by atoms with Gasteiger partial charge in [-0.25, -0.2) is 4.39 Å². The number of carbonyl (C=O) groups is 1. The molecule has 0 aliphatic rings. The second-order valence-electron chi connectivity index (χ2n) is 6.46. The van der Waals surface area contributed by atoms with E-state index < -0.39 is 0 Å². The summed E-state index contributed by atoms with van der Waals surface area (Å²) in [6.45, 7) is 0.876. The van der Waals surface area contributed by atoms with Crippen molar-refractivity contribution in [2.24, 2.45) is 0 Å². The largest absolute Gasteiger partial charge is 0.418 e. The van der Waals surface area contributed by atoms with E-state index in [9.17, 15) is 9.18 Å². The Kier molecular flexibility index (Phi) is 7.24. The average Bonchev–Trinajstić information content (AvgIpc) is 3.57. The number of aromatic nitrogens is 4. The number of thiophene rings is 1. The molecule has 0 radical (unpaired) electrons. The van der Waals surface area contributed by atoms with Crippen LogP contribution in [0.4, 0.5) is 4.39 Å². The molecule has 0 atom stereocenters. The monoisotopic (exact) mass is 475 g/mol. The van der Waals surface area contributed by atoms with Crippen molar-refractivity contribution in [3.63, 3.8) is 0 Å². The second kappa shape index (κ2) is 10.5. The molecule has 4 aromatic rings. The first-order valence-corrected chi connectivity index (χ1v) is 11.3. The molecule has 1 amide bonds. The van der Waals surface area contributed by atoms with Gasteiger partial charge in [0.05, 0.1) is 23.8 Å². The molecule has 0 aliphatic heterocycles. The minimum absolute atomic E-state index is 0.0701. The highest BCUT2D eigenvalue weighted by Gasteiger charge is 2.20. The molecule has 0 unspecified atom stereocenters. The van der Waals surface area contributed by atoms with Crippen LogP contribution in [-0.2, 0) is 16.1 Å². The van der Waals surface area contributed by atoms with Gasteiger partial charge in [-0.1, -0.05) is 17.8 Å². The van der Waals surface area contributed by atoms with Crippen molar-refractivity contribution < 1.29 is 22.8 Å². The van der Waals surface area contributed by atoms with Crippen LogP contribution in [0.2, 0.25) is 0 Å². The Balaban J connectivity index is 1.37. The number of amides is 1. The number of methoxy groups -OCH3 is 1. The SMILES string of the molecule is COCCN(Cc1nnc(-c2cccs2)o1)C(=O)CSc1nnc(-c2ccc(F)cc2)o1. The van der Waals surface area contributed by atoms with Crippen molar-refractivity contribution in [2.45, 2.75) is 11.8 Å².